The molecule has 2 heterocycles. The van der Waals surface area contributed by atoms with Gasteiger partial charge in [0.2, 0.25) is 0 Å². The van der Waals surface area contributed by atoms with Gasteiger partial charge in [-0.05, 0) is 40.2 Å². The van der Waals surface area contributed by atoms with E-state index in [0.29, 0.717) is 5.54 Å². The van der Waals surface area contributed by atoms with E-state index in [4.69, 9.17) is 0 Å². The first-order valence-electron chi connectivity index (χ1n) is 7.29. The van der Waals surface area contributed by atoms with Gasteiger partial charge in [-0.3, -0.25) is 9.80 Å². The lowest BCUT2D eigenvalue weighted by molar-refractivity contribution is 0.0386. The van der Waals surface area contributed by atoms with Crippen LogP contribution in [0.2, 0.25) is 0 Å². The molecule has 2 rings (SSSR count). The Morgan fingerprint density at radius 3 is 2.47 bits per heavy atom. The summed E-state index contributed by atoms with van der Waals surface area (Å²) in [6, 6.07) is 0.783. The standard InChI is InChI=1S/C14H29N3/c1-13-6-4-5-9-16(13)12-14(2,3)17-10-7-15-8-11-17/h13,15H,4-12H2,1-3H3. The molecule has 3 heteroatoms. The highest BCUT2D eigenvalue weighted by Crippen LogP contribution is 2.22. The predicted octanol–water partition coefficient (Wildman–Crippen LogP) is 1.54. The van der Waals surface area contributed by atoms with Gasteiger partial charge in [0.25, 0.3) is 0 Å². The molecule has 3 nitrogen and oxygen atoms in total. The number of hydrogen-bond acceptors (Lipinski definition) is 3. The normalized spacial score (nSPS) is 29.5. The minimum absolute atomic E-state index is 0.327. The largest absolute Gasteiger partial charge is 0.314 e. The molecule has 0 spiro atoms. The van der Waals surface area contributed by atoms with Gasteiger partial charge in [-0.2, -0.15) is 0 Å². The minimum atomic E-state index is 0.327. The topological polar surface area (TPSA) is 18.5 Å². The molecular formula is C14H29N3. The van der Waals surface area contributed by atoms with Crippen LogP contribution in [0, 0.1) is 0 Å². The van der Waals surface area contributed by atoms with Gasteiger partial charge >= 0.3 is 0 Å². The SMILES string of the molecule is CC1CCCCN1CC(C)(C)N1CCNCC1. The fourth-order valence-corrected chi connectivity index (χ4v) is 3.26. The van der Waals surface area contributed by atoms with Crippen molar-refractivity contribution in [3.05, 3.63) is 0 Å². The maximum absolute atomic E-state index is 3.44. The number of piperazine rings is 1. The smallest absolute Gasteiger partial charge is 0.0281 e. The molecular weight excluding hydrogens is 210 g/mol. The quantitative estimate of drug-likeness (QED) is 0.806. The third-order valence-electron chi connectivity index (χ3n) is 4.50. The summed E-state index contributed by atoms with van der Waals surface area (Å²) in [5.41, 5.74) is 0.327. The van der Waals surface area contributed by atoms with Crippen molar-refractivity contribution in [3.8, 4) is 0 Å². The van der Waals surface area contributed by atoms with Gasteiger partial charge in [-0.25, -0.2) is 0 Å². The maximum Gasteiger partial charge on any atom is 0.0281 e. The maximum atomic E-state index is 3.44. The van der Waals surface area contributed by atoms with E-state index >= 15 is 0 Å². The minimum Gasteiger partial charge on any atom is -0.314 e. The summed E-state index contributed by atoms with van der Waals surface area (Å²) in [5.74, 6) is 0. The average Bonchev–Trinajstić information content (AvgIpc) is 2.33. The Hall–Kier alpha value is -0.120. The summed E-state index contributed by atoms with van der Waals surface area (Å²) < 4.78 is 0. The second kappa shape index (κ2) is 5.68. The lowest BCUT2D eigenvalue weighted by atomic mass is 9.96. The molecule has 2 fully saturated rings. The molecule has 0 aromatic carbocycles. The van der Waals surface area contributed by atoms with Crippen LogP contribution in [0.25, 0.3) is 0 Å². The summed E-state index contributed by atoms with van der Waals surface area (Å²) in [5, 5.41) is 3.44. The molecule has 1 unspecified atom stereocenters. The van der Waals surface area contributed by atoms with Gasteiger partial charge in [-0.15, -0.1) is 0 Å². The molecule has 0 aromatic heterocycles. The first-order chi connectivity index (χ1) is 8.09. The molecule has 17 heavy (non-hydrogen) atoms. The van der Waals surface area contributed by atoms with E-state index in [2.05, 4.69) is 35.9 Å². The average molecular weight is 239 g/mol. The summed E-state index contributed by atoms with van der Waals surface area (Å²) in [6.45, 7) is 14.5. The van der Waals surface area contributed by atoms with E-state index in [1.54, 1.807) is 0 Å². The second-order valence-corrected chi connectivity index (χ2v) is 6.36. The van der Waals surface area contributed by atoms with Crippen LogP contribution in [0.1, 0.15) is 40.0 Å². The zero-order valence-corrected chi connectivity index (χ0v) is 11.8. The number of nitrogens with one attached hydrogen (secondary N) is 1. The molecule has 0 bridgehead atoms. The highest BCUT2D eigenvalue weighted by atomic mass is 15.3. The molecule has 0 amide bonds. The summed E-state index contributed by atoms with van der Waals surface area (Å²) in [6.07, 6.45) is 4.20. The fraction of sp³-hybridized carbons (Fsp3) is 1.00. The molecule has 100 valence electrons. The van der Waals surface area contributed by atoms with E-state index < -0.39 is 0 Å². The van der Waals surface area contributed by atoms with E-state index in [1.165, 1.54) is 45.4 Å². The van der Waals surface area contributed by atoms with Crippen molar-refractivity contribution in [3.63, 3.8) is 0 Å². The Labute approximate surface area is 107 Å². The lowest BCUT2D eigenvalue weighted by Gasteiger charge is -2.46. The Balaban J connectivity index is 1.90. The van der Waals surface area contributed by atoms with Crippen molar-refractivity contribution < 1.29 is 0 Å². The Morgan fingerprint density at radius 2 is 1.82 bits per heavy atom. The van der Waals surface area contributed by atoms with Gasteiger partial charge < -0.3 is 5.32 Å². The number of likely N-dealkylation sites (tertiary alicyclic amines) is 1. The molecule has 2 aliphatic rings. The molecule has 1 atom stereocenters. The molecule has 2 saturated heterocycles. The highest BCUT2D eigenvalue weighted by Gasteiger charge is 2.31. The van der Waals surface area contributed by atoms with Gasteiger partial charge in [0.05, 0.1) is 0 Å². The van der Waals surface area contributed by atoms with Crippen LogP contribution < -0.4 is 5.32 Å². The summed E-state index contributed by atoms with van der Waals surface area (Å²) >= 11 is 0. The molecule has 0 saturated carbocycles. The van der Waals surface area contributed by atoms with Crippen molar-refractivity contribution in [1.82, 2.24) is 15.1 Å². The Morgan fingerprint density at radius 1 is 1.12 bits per heavy atom. The van der Waals surface area contributed by atoms with Crippen molar-refractivity contribution in [2.24, 2.45) is 0 Å². The van der Waals surface area contributed by atoms with Crippen LogP contribution in [0.5, 0.6) is 0 Å². The fourth-order valence-electron chi connectivity index (χ4n) is 3.26. The van der Waals surface area contributed by atoms with Gasteiger partial charge in [0.15, 0.2) is 0 Å². The van der Waals surface area contributed by atoms with Crippen LogP contribution in [-0.2, 0) is 0 Å². The molecule has 0 aromatic rings. The van der Waals surface area contributed by atoms with Gasteiger partial charge in [0.1, 0.15) is 0 Å². The predicted molar refractivity (Wildman–Crippen MR) is 73.4 cm³/mol. The lowest BCUT2D eigenvalue weighted by Crippen LogP contribution is -2.59. The van der Waals surface area contributed by atoms with Crippen LogP contribution in [0.4, 0.5) is 0 Å². The Bertz CT molecular complexity index is 234. The molecule has 0 aliphatic carbocycles. The third kappa shape index (κ3) is 3.43. The van der Waals surface area contributed by atoms with Crippen molar-refractivity contribution >= 4 is 0 Å². The van der Waals surface area contributed by atoms with Gasteiger partial charge in [0, 0.05) is 44.3 Å². The summed E-state index contributed by atoms with van der Waals surface area (Å²) in [7, 11) is 0. The van der Waals surface area contributed by atoms with Gasteiger partial charge in [-0.1, -0.05) is 6.42 Å². The van der Waals surface area contributed by atoms with Crippen LogP contribution in [-0.4, -0.2) is 60.6 Å². The van der Waals surface area contributed by atoms with Crippen LogP contribution >= 0.6 is 0 Å². The second-order valence-electron chi connectivity index (χ2n) is 6.36. The van der Waals surface area contributed by atoms with E-state index in [0.717, 1.165) is 19.1 Å². The molecule has 2 aliphatic heterocycles. The van der Waals surface area contributed by atoms with Crippen LogP contribution in [0.15, 0.2) is 0 Å². The van der Waals surface area contributed by atoms with Crippen molar-refractivity contribution in [2.45, 2.75) is 51.6 Å². The molecule has 0 radical (unpaired) electrons. The summed E-state index contributed by atoms with van der Waals surface area (Å²) in [4.78, 5) is 5.36. The number of piperidine rings is 1. The zero-order valence-electron chi connectivity index (χ0n) is 11.8. The number of rotatable bonds is 3. The van der Waals surface area contributed by atoms with E-state index in [-0.39, 0.29) is 0 Å². The van der Waals surface area contributed by atoms with E-state index in [9.17, 15) is 0 Å². The third-order valence-corrected chi connectivity index (χ3v) is 4.50. The number of hydrogen-bond donors (Lipinski definition) is 1. The first-order valence-corrected chi connectivity index (χ1v) is 7.29. The van der Waals surface area contributed by atoms with Crippen LogP contribution in [0.3, 0.4) is 0 Å². The molecule has 1 N–H and O–H groups in total. The van der Waals surface area contributed by atoms with Crippen molar-refractivity contribution in [1.29, 1.82) is 0 Å². The monoisotopic (exact) mass is 239 g/mol. The van der Waals surface area contributed by atoms with E-state index in [1.807, 2.05) is 0 Å². The van der Waals surface area contributed by atoms with Crippen molar-refractivity contribution in [2.75, 3.05) is 39.3 Å². The number of nitrogens with zero attached hydrogens (tertiary/aromatic N) is 2. The Kier molecular flexibility index (Phi) is 4.45. The highest BCUT2D eigenvalue weighted by molar-refractivity contribution is 4.89. The zero-order chi connectivity index (χ0) is 12.3. The first kappa shape index (κ1) is 13.3.